The third kappa shape index (κ3) is 4.14. The van der Waals surface area contributed by atoms with Gasteiger partial charge in [-0.15, -0.1) is 11.3 Å². The standard InChI is InChI=1S/C11H17N3O2S/c1-6(2)9-5-17-11(13-9)14-10(16)7(3)12-8(4)15/h5-7H,1-4H3,(H,12,15)(H,13,14,16). The van der Waals surface area contributed by atoms with Crippen LogP contribution in [0, 0.1) is 0 Å². The minimum absolute atomic E-state index is 0.227. The van der Waals surface area contributed by atoms with Crippen molar-refractivity contribution in [1.29, 1.82) is 0 Å². The lowest BCUT2D eigenvalue weighted by atomic mass is 10.2. The Morgan fingerprint density at radius 1 is 1.35 bits per heavy atom. The molecule has 0 aliphatic carbocycles. The van der Waals surface area contributed by atoms with E-state index in [2.05, 4.69) is 15.6 Å². The van der Waals surface area contributed by atoms with Gasteiger partial charge in [-0.2, -0.15) is 0 Å². The van der Waals surface area contributed by atoms with Crippen LogP contribution in [-0.4, -0.2) is 22.8 Å². The van der Waals surface area contributed by atoms with Crippen molar-refractivity contribution in [2.45, 2.75) is 39.7 Å². The number of hydrogen-bond donors (Lipinski definition) is 2. The van der Waals surface area contributed by atoms with Gasteiger partial charge < -0.3 is 10.6 Å². The quantitative estimate of drug-likeness (QED) is 0.860. The average Bonchev–Trinajstić information content (AvgIpc) is 2.65. The number of carbonyl (C=O) groups is 2. The summed E-state index contributed by atoms with van der Waals surface area (Å²) in [5, 5.41) is 7.68. The van der Waals surface area contributed by atoms with Crippen LogP contribution in [0.4, 0.5) is 5.13 Å². The van der Waals surface area contributed by atoms with Gasteiger partial charge in [0.1, 0.15) is 6.04 Å². The first-order valence-electron chi connectivity index (χ1n) is 5.43. The number of hydrogen-bond acceptors (Lipinski definition) is 4. The minimum Gasteiger partial charge on any atom is -0.345 e. The molecular weight excluding hydrogens is 238 g/mol. The Hall–Kier alpha value is -1.43. The molecule has 1 atom stereocenters. The largest absolute Gasteiger partial charge is 0.345 e. The molecule has 2 amide bonds. The summed E-state index contributed by atoms with van der Waals surface area (Å²) in [6, 6.07) is -0.557. The molecule has 0 radical (unpaired) electrons. The Balaban J connectivity index is 2.58. The molecular formula is C11H17N3O2S. The highest BCUT2D eigenvalue weighted by atomic mass is 32.1. The zero-order valence-electron chi connectivity index (χ0n) is 10.4. The molecule has 0 aromatic carbocycles. The van der Waals surface area contributed by atoms with Crippen LogP contribution in [0.3, 0.4) is 0 Å². The molecule has 0 saturated carbocycles. The van der Waals surface area contributed by atoms with Crippen molar-refractivity contribution in [2.24, 2.45) is 0 Å². The molecule has 17 heavy (non-hydrogen) atoms. The number of thiazole rings is 1. The molecule has 1 rings (SSSR count). The molecule has 0 aliphatic rings. The Kier molecular flexibility index (Phi) is 4.62. The van der Waals surface area contributed by atoms with Gasteiger partial charge in [0.15, 0.2) is 5.13 Å². The summed E-state index contributed by atoms with van der Waals surface area (Å²) in [4.78, 5) is 26.8. The average molecular weight is 255 g/mol. The highest BCUT2D eigenvalue weighted by Crippen LogP contribution is 2.21. The fraction of sp³-hybridized carbons (Fsp3) is 0.545. The first-order valence-corrected chi connectivity index (χ1v) is 6.31. The predicted octanol–water partition coefficient (Wildman–Crippen LogP) is 1.73. The van der Waals surface area contributed by atoms with Gasteiger partial charge in [0.05, 0.1) is 5.69 Å². The zero-order chi connectivity index (χ0) is 13.0. The molecule has 2 N–H and O–H groups in total. The van der Waals surface area contributed by atoms with Crippen LogP contribution in [-0.2, 0) is 9.59 Å². The fourth-order valence-electron chi connectivity index (χ4n) is 1.19. The van der Waals surface area contributed by atoms with Crippen molar-refractivity contribution in [3.8, 4) is 0 Å². The third-order valence-corrected chi connectivity index (χ3v) is 2.93. The van der Waals surface area contributed by atoms with Gasteiger partial charge in [0, 0.05) is 12.3 Å². The molecule has 0 bridgehead atoms. The normalized spacial score (nSPS) is 12.3. The summed E-state index contributed by atoms with van der Waals surface area (Å²) in [7, 11) is 0. The van der Waals surface area contributed by atoms with Gasteiger partial charge in [-0.25, -0.2) is 4.98 Å². The van der Waals surface area contributed by atoms with Crippen LogP contribution < -0.4 is 10.6 Å². The Morgan fingerprint density at radius 2 is 2.00 bits per heavy atom. The lowest BCUT2D eigenvalue weighted by Gasteiger charge is -2.10. The van der Waals surface area contributed by atoms with Crippen molar-refractivity contribution in [3.05, 3.63) is 11.1 Å². The maximum absolute atomic E-state index is 11.7. The van der Waals surface area contributed by atoms with Gasteiger partial charge in [-0.1, -0.05) is 13.8 Å². The van der Waals surface area contributed by atoms with Crippen molar-refractivity contribution in [3.63, 3.8) is 0 Å². The smallest absolute Gasteiger partial charge is 0.248 e. The van der Waals surface area contributed by atoms with Crippen LogP contribution in [0.2, 0.25) is 0 Å². The second kappa shape index (κ2) is 5.77. The molecule has 0 saturated heterocycles. The molecule has 1 aromatic heterocycles. The molecule has 5 nitrogen and oxygen atoms in total. The maximum Gasteiger partial charge on any atom is 0.248 e. The van der Waals surface area contributed by atoms with Crippen molar-refractivity contribution in [2.75, 3.05) is 5.32 Å². The van der Waals surface area contributed by atoms with Gasteiger partial charge in [0.25, 0.3) is 0 Å². The van der Waals surface area contributed by atoms with Crippen LogP contribution in [0.15, 0.2) is 5.38 Å². The summed E-state index contributed by atoms with van der Waals surface area (Å²) in [6.07, 6.45) is 0. The van der Waals surface area contributed by atoms with Gasteiger partial charge in [-0.05, 0) is 12.8 Å². The van der Waals surface area contributed by atoms with E-state index in [0.29, 0.717) is 11.0 Å². The van der Waals surface area contributed by atoms with E-state index in [1.54, 1.807) is 6.92 Å². The number of aromatic nitrogens is 1. The van der Waals surface area contributed by atoms with Crippen LogP contribution >= 0.6 is 11.3 Å². The molecule has 6 heteroatoms. The van der Waals surface area contributed by atoms with E-state index in [1.807, 2.05) is 19.2 Å². The Bertz CT molecular complexity index is 415. The predicted molar refractivity (Wildman–Crippen MR) is 68.1 cm³/mol. The van der Waals surface area contributed by atoms with E-state index in [9.17, 15) is 9.59 Å². The molecule has 94 valence electrons. The maximum atomic E-state index is 11.7. The number of anilines is 1. The zero-order valence-corrected chi connectivity index (χ0v) is 11.2. The monoisotopic (exact) mass is 255 g/mol. The lowest BCUT2D eigenvalue weighted by molar-refractivity contribution is -0.124. The second-order valence-electron chi connectivity index (χ2n) is 4.14. The van der Waals surface area contributed by atoms with E-state index in [1.165, 1.54) is 18.3 Å². The van der Waals surface area contributed by atoms with Crippen molar-refractivity contribution in [1.82, 2.24) is 10.3 Å². The Labute approximate surface area is 105 Å². The van der Waals surface area contributed by atoms with Gasteiger partial charge >= 0.3 is 0 Å². The van der Waals surface area contributed by atoms with Crippen LogP contribution in [0.25, 0.3) is 0 Å². The van der Waals surface area contributed by atoms with Gasteiger partial charge in [-0.3, -0.25) is 9.59 Å². The lowest BCUT2D eigenvalue weighted by Crippen LogP contribution is -2.40. The molecule has 0 spiro atoms. The van der Waals surface area contributed by atoms with E-state index in [-0.39, 0.29) is 11.8 Å². The van der Waals surface area contributed by atoms with Gasteiger partial charge in [0.2, 0.25) is 11.8 Å². The summed E-state index contributed by atoms with van der Waals surface area (Å²) in [5.41, 5.74) is 0.956. The van der Waals surface area contributed by atoms with E-state index in [0.717, 1.165) is 5.69 Å². The first kappa shape index (κ1) is 13.6. The summed E-state index contributed by atoms with van der Waals surface area (Å²) < 4.78 is 0. The summed E-state index contributed by atoms with van der Waals surface area (Å²) in [5.74, 6) is -0.149. The molecule has 1 aromatic rings. The number of nitrogens with one attached hydrogen (secondary N) is 2. The molecule has 1 heterocycles. The summed E-state index contributed by atoms with van der Waals surface area (Å²) >= 11 is 1.39. The number of carbonyl (C=O) groups excluding carboxylic acids is 2. The van der Waals surface area contributed by atoms with E-state index < -0.39 is 6.04 Å². The van der Waals surface area contributed by atoms with Crippen molar-refractivity contribution >= 4 is 28.3 Å². The fourth-order valence-corrected chi connectivity index (χ4v) is 2.07. The van der Waals surface area contributed by atoms with Crippen molar-refractivity contribution < 1.29 is 9.59 Å². The molecule has 0 aliphatic heterocycles. The van der Waals surface area contributed by atoms with E-state index in [4.69, 9.17) is 0 Å². The topological polar surface area (TPSA) is 71.1 Å². The van der Waals surface area contributed by atoms with Crippen LogP contribution in [0.5, 0.6) is 0 Å². The minimum atomic E-state index is -0.557. The van der Waals surface area contributed by atoms with Crippen LogP contribution in [0.1, 0.15) is 39.3 Å². The first-order chi connectivity index (χ1) is 7.90. The summed E-state index contributed by atoms with van der Waals surface area (Å²) in [6.45, 7) is 7.10. The number of rotatable bonds is 4. The highest BCUT2D eigenvalue weighted by molar-refractivity contribution is 7.13. The third-order valence-electron chi connectivity index (χ3n) is 2.16. The van der Waals surface area contributed by atoms with E-state index >= 15 is 0 Å². The highest BCUT2D eigenvalue weighted by Gasteiger charge is 2.15. The number of nitrogens with zero attached hydrogens (tertiary/aromatic N) is 1. The molecule has 0 fully saturated rings. The Morgan fingerprint density at radius 3 is 2.47 bits per heavy atom. The molecule has 1 unspecified atom stereocenters. The second-order valence-corrected chi connectivity index (χ2v) is 5.00. The number of amides is 2. The SMILES string of the molecule is CC(=O)NC(C)C(=O)Nc1nc(C(C)C)cs1.